The number of aromatic nitrogens is 6. The number of aryl methyl sites for hydroxylation is 2. The number of imidazole rings is 1. The molecule has 29 heavy (non-hydrogen) atoms. The highest BCUT2D eigenvalue weighted by molar-refractivity contribution is 5.80. The Morgan fingerprint density at radius 1 is 1.21 bits per heavy atom. The molecule has 0 aliphatic heterocycles. The fourth-order valence-corrected chi connectivity index (χ4v) is 3.25. The van der Waals surface area contributed by atoms with E-state index < -0.39 is 6.04 Å². The molecule has 148 valence electrons. The number of benzene rings is 1. The van der Waals surface area contributed by atoms with Crippen molar-refractivity contribution in [1.82, 2.24) is 34.9 Å². The quantitative estimate of drug-likeness (QED) is 0.542. The Morgan fingerprint density at radius 2 is 2.00 bits per heavy atom. The molecule has 1 amide bonds. The summed E-state index contributed by atoms with van der Waals surface area (Å²) in [6, 6.07) is 9.33. The van der Waals surface area contributed by atoms with Crippen LogP contribution in [0.5, 0.6) is 0 Å². The summed E-state index contributed by atoms with van der Waals surface area (Å²) in [5.74, 6) is -0.0374. The van der Waals surface area contributed by atoms with Crippen LogP contribution in [0.4, 0.5) is 4.39 Å². The molecule has 9 heteroatoms. The summed E-state index contributed by atoms with van der Waals surface area (Å²) in [6.07, 6.45) is 4.14. The second-order valence-corrected chi connectivity index (χ2v) is 6.89. The molecule has 1 aromatic carbocycles. The van der Waals surface area contributed by atoms with Crippen molar-refractivity contribution < 1.29 is 9.18 Å². The van der Waals surface area contributed by atoms with Crippen molar-refractivity contribution in [1.29, 1.82) is 0 Å². The van der Waals surface area contributed by atoms with Gasteiger partial charge in [0.1, 0.15) is 23.3 Å². The highest BCUT2D eigenvalue weighted by atomic mass is 19.1. The number of hydrogen-bond donors (Lipinski definition) is 1. The molecule has 0 aliphatic rings. The lowest BCUT2D eigenvalue weighted by atomic mass is 10.1. The molecule has 1 unspecified atom stereocenters. The summed E-state index contributed by atoms with van der Waals surface area (Å²) < 4.78 is 16.6. The first-order valence-corrected chi connectivity index (χ1v) is 9.21. The Hall–Kier alpha value is -3.62. The van der Waals surface area contributed by atoms with Crippen LogP contribution in [-0.4, -0.2) is 35.5 Å². The Kier molecular flexibility index (Phi) is 5.03. The average Bonchev–Trinajstić information content (AvgIpc) is 3.32. The fourth-order valence-electron chi connectivity index (χ4n) is 3.25. The van der Waals surface area contributed by atoms with Crippen molar-refractivity contribution in [2.24, 2.45) is 0 Å². The Labute approximate surface area is 166 Å². The summed E-state index contributed by atoms with van der Waals surface area (Å²) in [6.45, 7) is 4.00. The third-order valence-electron chi connectivity index (χ3n) is 4.77. The van der Waals surface area contributed by atoms with Gasteiger partial charge in [0.25, 0.3) is 0 Å². The molecule has 0 spiro atoms. The number of rotatable bonds is 6. The first-order valence-electron chi connectivity index (χ1n) is 9.21. The zero-order chi connectivity index (χ0) is 20.4. The average molecular weight is 393 g/mol. The van der Waals surface area contributed by atoms with Crippen molar-refractivity contribution >= 4 is 11.6 Å². The van der Waals surface area contributed by atoms with Crippen LogP contribution in [0.1, 0.15) is 28.7 Å². The van der Waals surface area contributed by atoms with E-state index in [0.29, 0.717) is 12.2 Å². The summed E-state index contributed by atoms with van der Waals surface area (Å²) in [4.78, 5) is 17.6. The molecular formula is C20H20FN7O. The number of halogens is 1. The SMILES string of the molecule is Cc1cccn2cc(CNC(=O)C(Cc3ccc(F)cc3)n3nnnc3C)nc12. The van der Waals surface area contributed by atoms with Gasteiger partial charge in [-0.25, -0.2) is 14.1 Å². The van der Waals surface area contributed by atoms with E-state index in [1.165, 1.54) is 16.8 Å². The monoisotopic (exact) mass is 393 g/mol. The minimum absolute atomic E-state index is 0.237. The second-order valence-electron chi connectivity index (χ2n) is 6.89. The third kappa shape index (κ3) is 3.98. The first-order chi connectivity index (χ1) is 14.0. The van der Waals surface area contributed by atoms with Gasteiger partial charge in [0.15, 0.2) is 0 Å². The van der Waals surface area contributed by atoms with Crippen LogP contribution in [-0.2, 0) is 17.8 Å². The van der Waals surface area contributed by atoms with Gasteiger partial charge in [-0.1, -0.05) is 18.2 Å². The van der Waals surface area contributed by atoms with Gasteiger partial charge in [-0.2, -0.15) is 0 Å². The normalized spacial score (nSPS) is 12.2. The van der Waals surface area contributed by atoms with Crippen molar-refractivity contribution in [3.8, 4) is 0 Å². The molecule has 3 aromatic heterocycles. The topological polar surface area (TPSA) is 90.0 Å². The molecule has 0 saturated heterocycles. The molecule has 0 saturated carbocycles. The van der Waals surface area contributed by atoms with Gasteiger partial charge < -0.3 is 9.72 Å². The van der Waals surface area contributed by atoms with E-state index in [9.17, 15) is 9.18 Å². The molecule has 4 aromatic rings. The first kappa shape index (κ1) is 18.7. The number of carbonyl (C=O) groups excluding carboxylic acids is 1. The van der Waals surface area contributed by atoms with Gasteiger partial charge in [-0.15, -0.1) is 5.10 Å². The van der Waals surface area contributed by atoms with Gasteiger partial charge in [0.2, 0.25) is 5.91 Å². The van der Waals surface area contributed by atoms with Crippen molar-refractivity contribution in [2.75, 3.05) is 0 Å². The molecule has 0 aliphatic carbocycles. The van der Waals surface area contributed by atoms with E-state index in [4.69, 9.17) is 0 Å². The van der Waals surface area contributed by atoms with Crippen LogP contribution < -0.4 is 5.32 Å². The van der Waals surface area contributed by atoms with E-state index >= 15 is 0 Å². The van der Waals surface area contributed by atoms with Crippen LogP contribution in [0.25, 0.3) is 5.65 Å². The van der Waals surface area contributed by atoms with Gasteiger partial charge >= 0.3 is 0 Å². The molecule has 1 atom stereocenters. The molecule has 8 nitrogen and oxygen atoms in total. The number of amides is 1. The maximum Gasteiger partial charge on any atom is 0.245 e. The minimum atomic E-state index is -0.658. The van der Waals surface area contributed by atoms with Crippen molar-refractivity contribution in [2.45, 2.75) is 32.9 Å². The number of pyridine rings is 1. The largest absolute Gasteiger partial charge is 0.349 e. The lowest BCUT2D eigenvalue weighted by molar-refractivity contribution is -0.124. The van der Waals surface area contributed by atoms with E-state index in [1.807, 2.05) is 35.9 Å². The standard InChI is InChI=1S/C20H20FN7O/c1-13-4-3-9-27-12-17(23-19(13)27)11-22-20(29)18(28-14(2)24-25-26-28)10-15-5-7-16(21)8-6-15/h3-9,12,18H,10-11H2,1-2H3,(H,22,29). The molecule has 4 rings (SSSR count). The number of fused-ring (bicyclic) bond motifs is 1. The molecule has 1 N–H and O–H groups in total. The third-order valence-corrected chi connectivity index (χ3v) is 4.77. The number of hydrogen-bond acceptors (Lipinski definition) is 5. The molecule has 3 heterocycles. The fraction of sp³-hybridized carbons (Fsp3) is 0.250. The zero-order valence-corrected chi connectivity index (χ0v) is 16.1. The number of nitrogens with one attached hydrogen (secondary N) is 1. The second kappa shape index (κ2) is 7.78. The summed E-state index contributed by atoms with van der Waals surface area (Å²) >= 11 is 0. The minimum Gasteiger partial charge on any atom is -0.349 e. The zero-order valence-electron chi connectivity index (χ0n) is 16.1. The van der Waals surface area contributed by atoms with E-state index in [2.05, 4.69) is 25.8 Å². The van der Waals surface area contributed by atoms with Crippen molar-refractivity contribution in [3.05, 3.63) is 77.3 Å². The number of carbonyl (C=O) groups is 1. The van der Waals surface area contributed by atoms with Crippen LogP contribution in [0.15, 0.2) is 48.8 Å². The van der Waals surface area contributed by atoms with Crippen LogP contribution in [0, 0.1) is 19.7 Å². The summed E-state index contributed by atoms with van der Waals surface area (Å²) in [5.41, 5.74) is 3.48. The molecular weight excluding hydrogens is 373 g/mol. The molecule has 0 radical (unpaired) electrons. The predicted octanol–water partition coefficient (Wildman–Crippen LogP) is 2.18. The maximum atomic E-state index is 13.2. The van der Waals surface area contributed by atoms with Gasteiger partial charge in [0, 0.05) is 18.8 Å². The number of tetrazole rings is 1. The van der Waals surface area contributed by atoms with Gasteiger partial charge in [-0.3, -0.25) is 4.79 Å². The van der Waals surface area contributed by atoms with E-state index in [1.54, 1.807) is 19.1 Å². The number of nitrogens with zero attached hydrogens (tertiary/aromatic N) is 6. The van der Waals surface area contributed by atoms with Gasteiger partial charge in [0.05, 0.1) is 12.2 Å². The lowest BCUT2D eigenvalue weighted by Gasteiger charge is -2.17. The Morgan fingerprint density at radius 3 is 2.69 bits per heavy atom. The van der Waals surface area contributed by atoms with Crippen LogP contribution in [0.3, 0.4) is 0 Å². The summed E-state index contributed by atoms with van der Waals surface area (Å²) in [7, 11) is 0. The van der Waals surface area contributed by atoms with E-state index in [-0.39, 0.29) is 18.3 Å². The lowest BCUT2D eigenvalue weighted by Crippen LogP contribution is -2.34. The maximum absolute atomic E-state index is 13.2. The Bertz CT molecular complexity index is 1150. The van der Waals surface area contributed by atoms with Gasteiger partial charge in [-0.05, 0) is 53.6 Å². The highest BCUT2D eigenvalue weighted by Crippen LogP contribution is 2.16. The highest BCUT2D eigenvalue weighted by Gasteiger charge is 2.24. The van der Waals surface area contributed by atoms with Crippen LogP contribution >= 0.6 is 0 Å². The molecule has 0 bridgehead atoms. The van der Waals surface area contributed by atoms with Crippen molar-refractivity contribution in [3.63, 3.8) is 0 Å². The predicted molar refractivity (Wildman–Crippen MR) is 103 cm³/mol. The van der Waals surface area contributed by atoms with E-state index in [0.717, 1.165) is 22.5 Å². The Balaban J connectivity index is 1.53. The smallest absolute Gasteiger partial charge is 0.245 e. The van der Waals surface area contributed by atoms with Crippen LogP contribution in [0.2, 0.25) is 0 Å². The summed E-state index contributed by atoms with van der Waals surface area (Å²) in [5, 5.41) is 14.4. The molecule has 0 fully saturated rings.